The minimum Gasteiger partial charge on any atom is -0.598 e. The molecule has 2 unspecified atom stereocenters. The molecule has 56 heavy (non-hydrogen) atoms. The van der Waals surface area contributed by atoms with Gasteiger partial charge in [0.25, 0.3) is 5.91 Å². The van der Waals surface area contributed by atoms with Crippen molar-refractivity contribution >= 4 is 36.6 Å². The van der Waals surface area contributed by atoms with Crippen molar-refractivity contribution in [3.05, 3.63) is 77.1 Å². The largest absolute Gasteiger partial charge is 0.598 e. The van der Waals surface area contributed by atoms with E-state index in [0.717, 1.165) is 0 Å². The van der Waals surface area contributed by atoms with Gasteiger partial charge in [-0.3, -0.25) is 9.78 Å². The van der Waals surface area contributed by atoms with E-state index in [4.69, 9.17) is 14.1 Å². The van der Waals surface area contributed by atoms with Gasteiger partial charge in [0.2, 0.25) is 0 Å². The standard InChI is InChI=1S/C39H45F6N5O4SSi/c1-35(2,3)55(52)48-37(19-38(20-37,39(43,44)45)54-56(8,9)36(4,5)6)31-24(40)15-22(18-46-31)21-13-14-25-26(16-21)50-27-17-28(32(50)47-25)49(7)33(51)23-11-10-12-29(30(23)27)53-34(41)42/h10-16,18,27-28,34,48H,17,19-20H2,1-9H3/t27-,28?,37?,38?,55?/m1/s1. The molecule has 0 radical (unpaired) electrons. The van der Waals surface area contributed by atoms with Crippen molar-refractivity contribution < 1.29 is 44.9 Å². The second-order valence-electron chi connectivity index (χ2n) is 17.7. The number of rotatable bonds is 8. The fraction of sp³-hybridized carbons (Fsp3) is 0.513. The third-order valence-corrected chi connectivity index (χ3v) is 18.0. The van der Waals surface area contributed by atoms with Gasteiger partial charge in [-0.05, 0) is 74.8 Å². The van der Waals surface area contributed by atoms with Crippen molar-refractivity contribution in [2.24, 2.45) is 0 Å². The summed E-state index contributed by atoms with van der Waals surface area (Å²) in [4.78, 5) is 24.3. The molecule has 9 nitrogen and oxygen atoms in total. The second-order valence-corrected chi connectivity index (χ2v) is 24.3. The number of benzene rings is 2. The summed E-state index contributed by atoms with van der Waals surface area (Å²) in [6.07, 6.45) is -4.54. The number of carbonyl (C=O) groups is 1. The molecule has 2 aliphatic heterocycles. The second kappa shape index (κ2) is 13.2. The minimum absolute atomic E-state index is 0.118. The van der Waals surface area contributed by atoms with E-state index in [2.05, 4.69) is 9.71 Å². The van der Waals surface area contributed by atoms with Gasteiger partial charge >= 0.3 is 12.8 Å². The first-order chi connectivity index (χ1) is 25.8. The molecule has 4 aromatic rings. The molecule has 2 aromatic carbocycles. The fourth-order valence-corrected chi connectivity index (χ4v) is 10.4. The highest BCUT2D eigenvalue weighted by Gasteiger charge is 2.73. The van der Waals surface area contributed by atoms with Crippen LogP contribution in [0.4, 0.5) is 26.3 Å². The molecule has 17 heteroatoms. The molecule has 302 valence electrons. The van der Waals surface area contributed by atoms with Crippen molar-refractivity contribution in [2.45, 2.75) is 120 Å². The summed E-state index contributed by atoms with van der Waals surface area (Å²) in [6, 6.07) is 9.77. The van der Waals surface area contributed by atoms with Gasteiger partial charge in [-0.1, -0.05) is 32.9 Å². The van der Waals surface area contributed by atoms with Gasteiger partial charge in [0.15, 0.2) is 13.9 Å². The topological polar surface area (TPSA) is 105 Å². The number of halogens is 6. The maximum atomic E-state index is 16.5. The van der Waals surface area contributed by atoms with Gasteiger partial charge in [0.1, 0.15) is 33.4 Å². The molecule has 1 fully saturated rings. The summed E-state index contributed by atoms with van der Waals surface area (Å²) in [5.41, 5.74) is -2.19. The van der Waals surface area contributed by atoms with Crippen LogP contribution in [-0.4, -0.2) is 68.4 Å². The predicted molar refractivity (Wildman–Crippen MR) is 203 cm³/mol. The van der Waals surface area contributed by atoms with Gasteiger partial charge in [-0.25, -0.2) is 9.37 Å². The van der Waals surface area contributed by atoms with Crippen LogP contribution in [0.15, 0.2) is 48.7 Å². The number of ether oxygens (including phenoxy) is 1. The van der Waals surface area contributed by atoms with Crippen molar-refractivity contribution in [2.75, 3.05) is 7.05 Å². The molecule has 2 bridgehead atoms. The predicted octanol–water partition coefficient (Wildman–Crippen LogP) is 9.32. The Bertz CT molecular complexity index is 2210. The Morgan fingerprint density at radius 3 is 2.29 bits per heavy atom. The quantitative estimate of drug-likeness (QED) is 0.107. The smallest absolute Gasteiger partial charge is 0.416 e. The molecular formula is C39H45F6N5O4SSi. The van der Waals surface area contributed by atoms with Crippen LogP contribution < -0.4 is 9.46 Å². The number of fused-ring (bicyclic) bond motifs is 9. The van der Waals surface area contributed by atoms with Crippen molar-refractivity contribution in [3.63, 3.8) is 0 Å². The molecule has 3 atom stereocenters. The van der Waals surface area contributed by atoms with Crippen LogP contribution in [0.3, 0.4) is 0 Å². The van der Waals surface area contributed by atoms with Crippen LogP contribution in [0.5, 0.6) is 5.75 Å². The van der Waals surface area contributed by atoms with Gasteiger partial charge in [0, 0.05) is 60.6 Å². The molecule has 7 rings (SSSR count). The van der Waals surface area contributed by atoms with Crippen molar-refractivity contribution in [1.82, 2.24) is 24.2 Å². The van der Waals surface area contributed by atoms with Crippen LogP contribution in [0.1, 0.15) is 100 Å². The Balaban J connectivity index is 1.29. The highest BCUT2D eigenvalue weighted by Crippen LogP contribution is 2.60. The highest BCUT2D eigenvalue weighted by atomic mass is 32.2. The van der Waals surface area contributed by atoms with Gasteiger partial charge < -0.3 is 23.2 Å². The normalized spacial score (nSPS) is 24.6. The molecule has 1 amide bonds. The Labute approximate surface area is 325 Å². The number of imidazole rings is 1. The average Bonchev–Trinajstić information content (AvgIpc) is 3.58. The first-order valence-corrected chi connectivity index (χ1v) is 22.3. The van der Waals surface area contributed by atoms with Crippen molar-refractivity contribution in [1.29, 1.82) is 0 Å². The van der Waals surface area contributed by atoms with E-state index >= 15 is 17.6 Å². The number of nitrogens with zero attached hydrogens (tertiary/aromatic N) is 4. The number of carbonyl (C=O) groups excluding carboxylic acids is 1. The van der Waals surface area contributed by atoms with Gasteiger partial charge in [-0.2, -0.15) is 22.0 Å². The zero-order valence-electron chi connectivity index (χ0n) is 32.6. The van der Waals surface area contributed by atoms with E-state index in [-0.39, 0.29) is 22.9 Å². The summed E-state index contributed by atoms with van der Waals surface area (Å²) in [7, 11) is -1.37. The molecule has 1 saturated carbocycles. The zero-order chi connectivity index (χ0) is 41.1. The lowest BCUT2D eigenvalue weighted by Gasteiger charge is -2.58. The number of alkyl halides is 5. The third kappa shape index (κ3) is 6.50. The Hall–Kier alpha value is -3.64. The summed E-state index contributed by atoms with van der Waals surface area (Å²) in [6.45, 7) is 10.8. The van der Waals surface area contributed by atoms with Gasteiger partial charge in [-0.15, -0.1) is 4.72 Å². The number of hydrogen-bond donors (Lipinski definition) is 1. The molecule has 2 aromatic heterocycles. The summed E-state index contributed by atoms with van der Waals surface area (Å²) in [5.74, 6) is -0.810. The molecule has 3 aliphatic rings. The lowest BCUT2D eigenvalue weighted by molar-refractivity contribution is -0.298. The maximum Gasteiger partial charge on any atom is 0.416 e. The van der Waals surface area contributed by atoms with Crippen LogP contribution in [0.25, 0.3) is 22.2 Å². The van der Waals surface area contributed by atoms with E-state index in [1.165, 1.54) is 29.3 Å². The number of pyridine rings is 1. The lowest BCUT2D eigenvalue weighted by Crippen LogP contribution is -2.73. The van der Waals surface area contributed by atoms with E-state index < -0.39 is 84.1 Å². The van der Waals surface area contributed by atoms with Crippen LogP contribution >= 0.6 is 0 Å². The maximum absolute atomic E-state index is 16.5. The lowest BCUT2D eigenvalue weighted by atomic mass is 9.63. The molecular weight excluding hydrogens is 777 g/mol. The van der Waals surface area contributed by atoms with Gasteiger partial charge in [0.05, 0.1) is 23.1 Å². The van der Waals surface area contributed by atoms with E-state index in [0.29, 0.717) is 40.0 Å². The Morgan fingerprint density at radius 2 is 1.70 bits per heavy atom. The van der Waals surface area contributed by atoms with Crippen LogP contribution in [0, 0.1) is 5.82 Å². The number of hydrogen-bond acceptors (Lipinski definition) is 7. The SMILES string of the molecule is CN1C(=O)c2cccc(OC(F)F)c2[C@H]2CC1c1nc3ccc(-c4cnc(C5(N[S+]([O-])C(C)(C)C)CC(O[Si](C)(C)C(C)(C)C)(C(F)(F)F)C5)c(F)c4)cc3n12. The first kappa shape index (κ1) is 40.5. The number of aromatic nitrogens is 3. The number of nitrogens with one attached hydrogen (secondary N) is 1. The monoisotopic (exact) mass is 821 g/mol. The fourth-order valence-electron chi connectivity index (χ4n) is 7.92. The summed E-state index contributed by atoms with van der Waals surface area (Å²) >= 11 is -1.90. The van der Waals surface area contributed by atoms with E-state index in [9.17, 15) is 18.1 Å². The molecule has 0 spiro atoms. The van der Waals surface area contributed by atoms with Crippen molar-refractivity contribution in [3.8, 4) is 16.9 Å². The van der Waals surface area contributed by atoms with E-state index in [1.54, 1.807) is 65.2 Å². The van der Waals surface area contributed by atoms with Crippen LogP contribution in [-0.2, 0) is 21.3 Å². The summed E-state index contributed by atoms with van der Waals surface area (Å²) < 4.78 is 117. The first-order valence-electron chi connectivity index (χ1n) is 18.3. The molecule has 1 aliphatic carbocycles. The minimum atomic E-state index is -4.81. The zero-order valence-corrected chi connectivity index (χ0v) is 34.4. The third-order valence-electron chi connectivity index (χ3n) is 11.8. The molecule has 0 saturated heterocycles. The molecule has 4 heterocycles. The van der Waals surface area contributed by atoms with Crippen LogP contribution in [0.2, 0.25) is 18.1 Å². The number of amides is 1. The average molecular weight is 822 g/mol. The Kier molecular flexibility index (Phi) is 9.55. The summed E-state index contributed by atoms with van der Waals surface area (Å²) in [5, 5.41) is -0.552. The van der Waals surface area contributed by atoms with E-state index in [1.807, 2.05) is 25.3 Å². The molecule has 1 N–H and O–H groups in total. The highest BCUT2D eigenvalue weighted by molar-refractivity contribution is 7.90. The Morgan fingerprint density at radius 1 is 1.02 bits per heavy atom.